The highest BCUT2D eigenvalue weighted by atomic mass is 32.2. The van der Waals surface area contributed by atoms with Crippen molar-refractivity contribution in [1.29, 1.82) is 5.26 Å². The van der Waals surface area contributed by atoms with Gasteiger partial charge in [0.25, 0.3) is 0 Å². The molecular weight excluding hydrogens is 507 g/mol. The Labute approximate surface area is 214 Å². The maximum Gasteiger partial charge on any atom is 0.417 e. The smallest absolute Gasteiger partial charge is 0.375 e. The average Bonchev–Trinajstić information content (AvgIpc) is 3.46. The predicted octanol–water partition coefficient (Wildman–Crippen LogP) is 4.59. The van der Waals surface area contributed by atoms with Crippen LogP contribution in [0.25, 0.3) is 11.1 Å². The van der Waals surface area contributed by atoms with Crippen molar-refractivity contribution in [2.24, 2.45) is 5.92 Å². The van der Waals surface area contributed by atoms with E-state index in [0.29, 0.717) is 24.1 Å². The Morgan fingerprint density at radius 2 is 1.86 bits per heavy atom. The van der Waals surface area contributed by atoms with Crippen molar-refractivity contribution < 1.29 is 31.1 Å². The Bertz CT molecular complexity index is 1350. The summed E-state index contributed by atoms with van der Waals surface area (Å²) in [5.74, 6) is -1.41. The van der Waals surface area contributed by atoms with Crippen LogP contribution >= 0.6 is 0 Å². The zero-order chi connectivity index (χ0) is 27.2. The molecule has 0 bridgehead atoms. The molecule has 37 heavy (non-hydrogen) atoms. The van der Waals surface area contributed by atoms with Gasteiger partial charge in [0.2, 0.25) is 5.91 Å². The molecule has 2 unspecified atom stereocenters. The van der Waals surface area contributed by atoms with E-state index in [2.05, 4.69) is 16.4 Å². The third-order valence-electron chi connectivity index (χ3n) is 6.83. The normalized spacial score (nSPS) is 23.0. The maximum absolute atomic E-state index is 14.1. The van der Waals surface area contributed by atoms with E-state index in [4.69, 9.17) is 4.74 Å². The minimum atomic E-state index is -4.92. The highest BCUT2D eigenvalue weighted by Crippen LogP contribution is 2.43. The second-order valence-corrected chi connectivity index (χ2v) is 12.2. The van der Waals surface area contributed by atoms with E-state index >= 15 is 0 Å². The number of ether oxygens (including phenoxy) is 1. The van der Waals surface area contributed by atoms with Crippen molar-refractivity contribution in [3.05, 3.63) is 47.8 Å². The SMILES string of the molecule is Cc1cc(-c2ccc(S(=O)(=O)C3CC(OC(C)C)[C@H](C(=O)NC4(C#N)CC4)C3)c(C(F)(F)F)c2)ccn1. The lowest BCUT2D eigenvalue weighted by atomic mass is 10.0. The molecule has 7 nitrogen and oxygen atoms in total. The van der Waals surface area contributed by atoms with Crippen molar-refractivity contribution in [1.82, 2.24) is 10.3 Å². The summed E-state index contributed by atoms with van der Waals surface area (Å²) in [4.78, 5) is 16.2. The first-order valence-corrected chi connectivity index (χ1v) is 13.6. The van der Waals surface area contributed by atoms with Gasteiger partial charge in [-0.2, -0.15) is 18.4 Å². The molecule has 2 fully saturated rings. The Hall–Kier alpha value is -2.97. The number of hydrogen-bond donors (Lipinski definition) is 1. The molecular formula is C26H28F3N3O4S. The number of carbonyl (C=O) groups is 1. The number of alkyl halides is 3. The standard InChI is InChI=1S/C26H28F3N3O4S/c1-15(2)36-22-13-19(12-20(22)24(33)32-25(14-30)7-8-25)37(34,35)23-5-4-17(11-21(23)26(27,28)29)18-6-9-31-16(3)10-18/h4-6,9-11,15,19-20,22H,7-8,12-13H2,1-3H3,(H,32,33)/t19?,20-,22?/m1/s1. The second-order valence-electron chi connectivity index (χ2n) is 10.0. The van der Waals surface area contributed by atoms with Crippen LogP contribution < -0.4 is 5.32 Å². The summed E-state index contributed by atoms with van der Waals surface area (Å²) in [6.45, 7) is 5.17. The van der Waals surface area contributed by atoms with E-state index in [9.17, 15) is 31.6 Å². The van der Waals surface area contributed by atoms with Gasteiger partial charge in [-0.1, -0.05) is 6.07 Å². The van der Waals surface area contributed by atoms with Gasteiger partial charge < -0.3 is 10.1 Å². The van der Waals surface area contributed by atoms with Crippen LogP contribution in [0.5, 0.6) is 0 Å². The van der Waals surface area contributed by atoms with E-state index in [1.165, 1.54) is 12.3 Å². The Morgan fingerprint density at radius 3 is 2.43 bits per heavy atom. The van der Waals surface area contributed by atoms with Crippen LogP contribution in [0.1, 0.15) is 50.8 Å². The van der Waals surface area contributed by atoms with Gasteiger partial charge in [0.1, 0.15) is 5.54 Å². The molecule has 0 aliphatic heterocycles. The fraction of sp³-hybridized carbons (Fsp3) is 0.500. The summed E-state index contributed by atoms with van der Waals surface area (Å²) >= 11 is 0. The number of halogens is 3. The molecule has 2 aliphatic rings. The molecule has 1 aromatic carbocycles. The minimum absolute atomic E-state index is 0.124. The summed E-state index contributed by atoms with van der Waals surface area (Å²) < 4.78 is 75.4. The maximum atomic E-state index is 14.1. The van der Waals surface area contributed by atoms with E-state index in [1.807, 2.05) is 0 Å². The minimum Gasteiger partial charge on any atom is -0.375 e. The monoisotopic (exact) mass is 535 g/mol. The summed E-state index contributed by atoms with van der Waals surface area (Å²) in [6, 6.07) is 8.41. The number of carbonyl (C=O) groups excluding carboxylic acids is 1. The fourth-order valence-corrected chi connectivity index (χ4v) is 6.79. The quantitative estimate of drug-likeness (QED) is 0.555. The molecule has 2 saturated carbocycles. The first-order valence-electron chi connectivity index (χ1n) is 12.0. The van der Waals surface area contributed by atoms with Crippen LogP contribution in [0.3, 0.4) is 0 Å². The predicted molar refractivity (Wildman–Crippen MR) is 129 cm³/mol. The van der Waals surface area contributed by atoms with Crippen LogP contribution in [-0.2, 0) is 25.5 Å². The van der Waals surface area contributed by atoms with Gasteiger partial charge in [-0.3, -0.25) is 9.78 Å². The molecule has 1 heterocycles. The number of aromatic nitrogens is 1. The molecule has 1 amide bonds. The summed E-state index contributed by atoms with van der Waals surface area (Å²) in [7, 11) is -4.49. The largest absolute Gasteiger partial charge is 0.417 e. The van der Waals surface area contributed by atoms with Crippen LogP contribution in [0.15, 0.2) is 41.4 Å². The van der Waals surface area contributed by atoms with Gasteiger partial charge >= 0.3 is 6.18 Å². The Morgan fingerprint density at radius 1 is 1.19 bits per heavy atom. The van der Waals surface area contributed by atoms with Gasteiger partial charge in [-0.25, -0.2) is 8.42 Å². The van der Waals surface area contributed by atoms with E-state index in [1.54, 1.807) is 32.9 Å². The van der Waals surface area contributed by atoms with E-state index in [-0.39, 0.29) is 24.5 Å². The third kappa shape index (κ3) is 5.65. The first kappa shape index (κ1) is 27.1. The van der Waals surface area contributed by atoms with Gasteiger partial charge in [0, 0.05) is 11.9 Å². The molecule has 2 aliphatic carbocycles. The second kappa shape index (κ2) is 9.72. The van der Waals surface area contributed by atoms with Crippen molar-refractivity contribution >= 4 is 15.7 Å². The number of pyridine rings is 1. The Kier molecular flexibility index (Phi) is 7.12. The number of sulfone groups is 1. The van der Waals surface area contributed by atoms with Crippen molar-refractivity contribution in [3.63, 3.8) is 0 Å². The molecule has 11 heteroatoms. The topological polar surface area (TPSA) is 109 Å². The number of aryl methyl sites for hydroxylation is 1. The highest BCUT2D eigenvalue weighted by molar-refractivity contribution is 7.92. The number of hydrogen-bond acceptors (Lipinski definition) is 6. The van der Waals surface area contributed by atoms with Crippen LogP contribution in [0.4, 0.5) is 13.2 Å². The van der Waals surface area contributed by atoms with Gasteiger partial charge in [-0.15, -0.1) is 0 Å². The van der Waals surface area contributed by atoms with Gasteiger partial charge in [0.05, 0.1) is 39.9 Å². The number of benzene rings is 1. The first-order chi connectivity index (χ1) is 17.3. The lowest BCUT2D eigenvalue weighted by Gasteiger charge is -2.22. The summed E-state index contributed by atoms with van der Waals surface area (Å²) in [6.07, 6.45) is -3.91. The van der Waals surface area contributed by atoms with E-state index in [0.717, 1.165) is 12.1 Å². The highest BCUT2D eigenvalue weighted by Gasteiger charge is 2.51. The zero-order valence-electron chi connectivity index (χ0n) is 20.7. The van der Waals surface area contributed by atoms with Crippen LogP contribution in [0, 0.1) is 24.2 Å². The van der Waals surface area contributed by atoms with Crippen molar-refractivity contribution in [2.45, 2.75) is 80.5 Å². The Balaban J connectivity index is 1.68. The van der Waals surface area contributed by atoms with Crippen molar-refractivity contribution in [2.75, 3.05) is 0 Å². The number of nitrogens with zero attached hydrogens (tertiary/aromatic N) is 2. The number of nitrogens with one attached hydrogen (secondary N) is 1. The molecule has 0 radical (unpaired) electrons. The number of rotatable bonds is 7. The molecule has 4 rings (SSSR count). The molecule has 0 saturated heterocycles. The molecule has 1 N–H and O–H groups in total. The van der Waals surface area contributed by atoms with Crippen LogP contribution in [0.2, 0.25) is 0 Å². The van der Waals surface area contributed by atoms with Crippen LogP contribution in [-0.4, -0.2) is 42.3 Å². The van der Waals surface area contributed by atoms with E-state index < -0.39 is 55.2 Å². The van der Waals surface area contributed by atoms with Gasteiger partial charge in [0.15, 0.2) is 9.84 Å². The molecule has 3 atom stereocenters. The number of amides is 1. The molecule has 198 valence electrons. The molecule has 2 aromatic rings. The lowest BCUT2D eigenvalue weighted by molar-refractivity contribution is -0.139. The average molecular weight is 536 g/mol. The zero-order valence-corrected chi connectivity index (χ0v) is 21.5. The molecule has 1 aromatic heterocycles. The third-order valence-corrected chi connectivity index (χ3v) is 9.06. The number of nitriles is 1. The summed E-state index contributed by atoms with van der Waals surface area (Å²) in [5.41, 5.74) is -0.904. The van der Waals surface area contributed by atoms with Gasteiger partial charge in [-0.05, 0) is 81.8 Å². The van der Waals surface area contributed by atoms with Crippen molar-refractivity contribution in [3.8, 4) is 17.2 Å². The fourth-order valence-electron chi connectivity index (χ4n) is 4.79. The molecule has 0 spiro atoms. The summed E-state index contributed by atoms with van der Waals surface area (Å²) in [5, 5.41) is 10.7. The lowest BCUT2D eigenvalue weighted by Crippen LogP contribution is -2.43.